The van der Waals surface area contributed by atoms with Crippen LogP contribution in [0.1, 0.15) is 5.56 Å². The molecule has 0 radical (unpaired) electrons. The van der Waals surface area contributed by atoms with Gasteiger partial charge >= 0.3 is 0 Å². The zero-order valence-corrected chi connectivity index (χ0v) is 18.1. The first-order chi connectivity index (χ1) is 16.3. The van der Waals surface area contributed by atoms with Crippen LogP contribution in [0, 0.1) is 11.3 Å². The zero-order valence-electron chi connectivity index (χ0n) is 18.1. The third-order valence-corrected chi connectivity index (χ3v) is 6.37. The average molecular weight is 438 g/mol. The molecule has 0 spiro atoms. The van der Waals surface area contributed by atoms with Gasteiger partial charge in [-0.15, -0.1) is 0 Å². The minimum absolute atomic E-state index is 0.0111. The van der Waals surface area contributed by atoms with Gasteiger partial charge in [0.05, 0.1) is 22.7 Å². The quantitative estimate of drug-likeness (QED) is 0.485. The maximum Gasteiger partial charge on any atom is 0.171 e. The molecule has 2 aliphatic rings. The second-order valence-electron chi connectivity index (χ2n) is 8.49. The number of ether oxygens (including phenoxy) is 2. The Morgan fingerprint density at radius 2 is 1.88 bits per heavy atom. The smallest absolute Gasteiger partial charge is 0.171 e. The molecule has 1 atom stereocenters. The third-order valence-electron chi connectivity index (χ3n) is 6.37. The fraction of sp³-hybridized carbons (Fsp3) is 0.269. The van der Waals surface area contributed by atoms with Crippen LogP contribution in [-0.2, 0) is 0 Å². The van der Waals surface area contributed by atoms with E-state index in [0.717, 1.165) is 71.8 Å². The van der Waals surface area contributed by atoms with Gasteiger partial charge in [0.2, 0.25) is 0 Å². The molecule has 7 heteroatoms. The van der Waals surface area contributed by atoms with E-state index in [1.165, 1.54) is 0 Å². The van der Waals surface area contributed by atoms with Crippen molar-refractivity contribution in [3.8, 4) is 17.6 Å². The van der Waals surface area contributed by atoms with E-state index < -0.39 is 0 Å². The Bertz CT molecular complexity index is 1370. The van der Waals surface area contributed by atoms with Gasteiger partial charge < -0.3 is 14.4 Å². The number of nitrogens with zero attached hydrogens (tertiary/aromatic N) is 5. The number of rotatable bonds is 3. The number of anilines is 1. The van der Waals surface area contributed by atoms with Gasteiger partial charge in [-0.05, 0) is 54.6 Å². The molecule has 1 saturated heterocycles. The summed E-state index contributed by atoms with van der Waals surface area (Å²) in [5.74, 6) is 2.58. The highest BCUT2D eigenvalue weighted by Gasteiger charge is 2.27. The number of hydrogen-bond acceptors (Lipinski definition) is 7. The van der Waals surface area contributed by atoms with Gasteiger partial charge in [-0.25, -0.2) is 4.98 Å². The van der Waals surface area contributed by atoms with Gasteiger partial charge in [0, 0.05) is 49.7 Å². The van der Waals surface area contributed by atoms with Crippen molar-refractivity contribution < 1.29 is 9.47 Å². The van der Waals surface area contributed by atoms with E-state index in [2.05, 4.69) is 26.9 Å². The van der Waals surface area contributed by atoms with Gasteiger partial charge in [-0.1, -0.05) is 0 Å². The highest BCUT2D eigenvalue weighted by atomic mass is 16.6. The van der Waals surface area contributed by atoms with Crippen molar-refractivity contribution >= 4 is 27.6 Å². The second-order valence-corrected chi connectivity index (χ2v) is 8.49. The van der Waals surface area contributed by atoms with Crippen LogP contribution in [0.25, 0.3) is 21.8 Å². The molecule has 4 heterocycles. The Hall–Kier alpha value is -3.89. The normalized spacial score (nSPS) is 18.4. The van der Waals surface area contributed by atoms with E-state index in [0.29, 0.717) is 12.2 Å². The summed E-state index contributed by atoms with van der Waals surface area (Å²) < 4.78 is 12.4. The zero-order chi connectivity index (χ0) is 22.2. The van der Waals surface area contributed by atoms with Crippen LogP contribution < -0.4 is 14.4 Å². The van der Waals surface area contributed by atoms with Crippen LogP contribution in [0.3, 0.4) is 0 Å². The highest BCUT2D eigenvalue weighted by Crippen LogP contribution is 2.38. The van der Waals surface area contributed by atoms with Crippen molar-refractivity contribution in [3.05, 3.63) is 66.4 Å². The lowest BCUT2D eigenvalue weighted by atomic mass is 10.1. The largest absolute Gasteiger partial charge is 0.486 e. The molecule has 0 aliphatic carbocycles. The summed E-state index contributed by atoms with van der Waals surface area (Å²) in [4.78, 5) is 14.0. The van der Waals surface area contributed by atoms with E-state index in [9.17, 15) is 0 Å². The summed E-state index contributed by atoms with van der Waals surface area (Å²) in [5, 5.41) is 11.1. The number of pyridine rings is 2. The van der Waals surface area contributed by atoms with Gasteiger partial charge in [0.25, 0.3) is 0 Å². The van der Waals surface area contributed by atoms with Gasteiger partial charge in [0.1, 0.15) is 18.5 Å². The summed E-state index contributed by atoms with van der Waals surface area (Å²) in [6.45, 7) is 5.08. The number of piperazine rings is 1. The number of nitriles is 1. The van der Waals surface area contributed by atoms with Gasteiger partial charge in [-0.3, -0.25) is 9.88 Å². The van der Waals surface area contributed by atoms with Crippen LogP contribution >= 0.6 is 0 Å². The van der Waals surface area contributed by atoms with Crippen LogP contribution in [0.4, 0.5) is 5.82 Å². The van der Waals surface area contributed by atoms with E-state index in [1.54, 1.807) is 6.20 Å². The van der Waals surface area contributed by atoms with Crippen LogP contribution in [0.5, 0.6) is 11.5 Å². The molecular formula is C26H23N5O2. The lowest BCUT2D eigenvalue weighted by Crippen LogP contribution is -2.50. The standard InChI is InChI=1S/C26H23N5O2/c27-15-18-3-5-22-19(14-18)4-8-25(29-22)31-12-10-30(11-13-31)16-20-17-32-24-7-6-23-21(26(24)33-20)2-1-9-28-23/h1-9,14,20H,10-13,16-17H2. The molecule has 164 valence electrons. The molecule has 0 N–H and O–H groups in total. The molecule has 7 nitrogen and oxygen atoms in total. The topological polar surface area (TPSA) is 74.5 Å². The predicted molar refractivity (Wildman–Crippen MR) is 127 cm³/mol. The monoisotopic (exact) mass is 437 g/mol. The summed E-state index contributed by atoms with van der Waals surface area (Å²) in [6.07, 6.45) is 1.78. The summed E-state index contributed by atoms with van der Waals surface area (Å²) in [6, 6.07) is 19.8. The average Bonchev–Trinajstić information content (AvgIpc) is 2.88. The fourth-order valence-electron chi connectivity index (χ4n) is 4.62. The lowest BCUT2D eigenvalue weighted by Gasteiger charge is -2.38. The first-order valence-corrected chi connectivity index (χ1v) is 11.2. The maximum atomic E-state index is 9.09. The van der Waals surface area contributed by atoms with E-state index in [4.69, 9.17) is 19.7 Å². The first kappa shape index (κ1) is 19.8. The van der Waals surface area contributed by atoms with Crippen molar-refractivity contribution in [2.45, 2.75) is 6.10 Å². The predicted octanol–water partition coefficient (Wildman–Crippen LogP) is 3.62. The number of benzene rings is 2. The van der Waals surface area contributed by atoms with Gasteiger partial charge in [-0.2, -0.15) is 5.26 Å². The molecule has 4 aromatic rings. The molecule has 6 rings (SSSR count). The number of fused-ring (bicyclic) bond motifs is 4. The Labute approximate surface area is 191 Å². The number of hydrogen-bond donors (Lipinski definition) is 0. The first-order valence-electron chi connectivity index (χ1n) is 11.2. The fourth-order valence-corrected chi connectivity index (χ4v) is 4.62. The molecule has 1 fully saturated rings. The minimum Gasteiger partial charge on any atom is -0.486 e. The molecule has 0 saturated carbocycles. The lowest BCUT2D eigenvalue weighted by molar-refractivity contribution is 0.0587. The van der Waals surface area contributed by atoms with Crippen LogP contribution in [0.2, 0.25) is 0 Å². The summed E-state index contributed by atoms with van der Waals surface area (Å²) >= 11 is 0. The van der Waals surface area contributed by atoms with Crippen molar-refractivity contribution in [2.24, 2.45) is 0 Å². The minimum atomic E-state index is -0.0111. The summed E-state index contributed by atoms with van der Waals surface area (Å²) in [7, 11) is 0. The Morgan fingerprint density at radius 3 is 2.76 bits per heavy atom. The Kier molecular flexibility index (Phi) is 4.93. The second kappa shape index (κ2) is 8.23. The molecule has 2 aromatic heterocycles. The van der Waals surface area contributed by atoms with Crippen molar-refractivity contribution in [1.29, 1.82) is 5.26 Å². The van der Waals surface area contributed by atoms with Crippen LogP contribution in [0.15, 0.2) is 60.8 Å². The molecule has 1 unspecified atom stereocenters. The molecule has 0 amide bonds. The Balaban J connectivity index is 1.10. The van der Waals surface area contributed by atoms with E-state index in [1.807, 2.05) is 48.5 Å². The third kappa shape index (κ3) is 3.79. The molecule has 2 aromatic carbocycles. The molecular weight excluding hydrogens is 414 g/mol. The molecule has 0 bridgehead atoms. The SMILES string of the molecule is N#Cc1ccc2nc(N3CCN(CC4COc5ccc6ncccc6c5O4)CC3)ccc2c1. The van der Waals surface area contributed by atoms with E-state index in [-0.39, 0.29) is 6.10 Å². The molecule has 33 heavy (non-hydrogen) atoms. The van der Waals surface area contributed by atoms with Crippen LogP contribution in [-0.4, -0.2) is 60.3 Å². The van der Waals surface area contributed by atoms with Crippen molar-refractivity contribution in [3.63, 3.8) is 0 Å². The molecule has 2 aliphatic heterocycles. The Morgan fingerprint density at radius 1 is 1.00 bits per heavy atom. The van der Waals surface area contributed by atoms with E-state index >= 15 is 0 Å². The highest BCUT2D eigenvalue weighted by molar-refractivity contribution is 5.88. The van der Waals surface area contributed by atoms with Crippen molar-refractivity contribution in [2.75, 3.05) is 44.2 Å². The maximum absolute atomic E-state index is 9.09. The summed E-state index contributed by atoms with van der Waals surface area (Å²) in [5.41, 5.74) is 2.49. The van der Waals surface area contributed by atoms with Crippen molar-refractivity contribution in [1.82, 2.24) is 14.9 Å². The number of aromatic nitrogens is 2. The van der Waals surface area contributed by atoms with Gasteiger partial charge in [0.15, 0.2) is 11.5 Å².